The number of esters is 1. The number of H-pyrrole nitrogens is 1. The Hall–Kier alpha value is -3.59. The van der Waals surface area contributed by atoms with Crippen LogP contribution in [0.15, 0.2) is 42.5 Å². The van der Waals surface area contributed by atoms with Gasteiger partial charge < -0.3 is 24.7 Å². The van der Waals surface area contributed by atoms with E-state index in [1.807, 2.05) is 25.1 Å². The molecule has 0 bridgehead atoms. The zero-order valence-electron chi connectivity index (χ0n) is 20.4. The number of rotatable bonds is 7. The van der Waals surface area contributed by atoms with E-state index in [2.05, 4.69) is 33.1 Å². The number of nitrogens with one attached hydrogen (secondary N) is 2. The Bertz CT molecular complexity index is 1230. The summed E-state index contributed by atoms with van der Waals surface area (Å²) >= 11 is 0. The number of ether oxygens (including phenoxy) is 2. The van der Waals surface area contributed by atoms with Gasteiger partial charge in [0, 0.05) is 48.3 Å². The summed E-state index contributed by atoms with van der Waals surface area (Å²) in [6.07, 6.45) is 0. The van der Waals surface area contributed by atoms with Crippen molar-refractivity contribution in [1.29, 1.82) is 0 Å². The Morgan fingerprint density at radius 3 is 2.74 bits per heavy atom. The molecular weight excluding hydrogens is 451 g/mol. The SMILES string of the molecule is CCOC(=O)c1[nH]c2ccc(F)cc2c1NC(=O)[C@H](C)N1CCN(c2cccc(OC)c2)[C@@H](C)C1. The molecule has 2 aromatic carbocycles. The molecule has 2 atom stereocenters. The van der Waals surface area contributed by atoms with Crippen LogP contribution in [0.1, 0.15) is 31.3 Å². The van der Waals surface area contributed by atoms with Gasteiger partial charge in [-0.15, -0.1) is 0 Å². The van der Waals surface area contributed by atoms with Gasteiger partial charge in [-0.05, 0) is 51.1 Å². The Morgan fingerprint density at radius 1 is 1.23 bits per heavy atom. The smallest absolute Gasteiger partial charge is 0.356 e. The molecule has 0 unspecified atom stereocenters. The first-order chi connectivity index (χ1) is 16.8. The van der Waals surface area contributed by atoms with Crippen LogP contribution in [-0.4, -0.2) is 67.2 Å². The minimum absolute atomic E-state index is 0.101. The molecular formula is C26H31FN4O4. The van der Waals surface area contributed by atoms with Crippen LogP contribution >= 0.6 is 0 Å². The predicted octanol–water partition coefficient (Wildman–Crippen LogP) is 4.03. The van der Waals surface area contributed by atoms with Gasteiger partial charge in [0.1, 0.15) is 17.3 Å². The molecule has 1 saturated heterocycles. The van der Waals surface area contributed by atoms with Gasteiger partial charge in [0.2, 0.25) is 5.91 Å². The molecule has 35 heavy (non-hydrogen) atoms. The number of carbonyl (C=O) groups excluding carboxylic acids is 2. The lowest BCUT2D eigenvalue weighted by molar-refractivity contribution is -0.121. The third kappa shape index (κ3) is 5.09. The lowest BCUT2D eigenvalue weighted by Gasteiger charge is -2.43. The highest BCUT2D eigenvalue weighted by Crippen LogP contribution is 2.30. The Morgan fingerprint density at radius 2 is 2.03 bits per heavy atom. The average Bonchev–Trinajstić information content (AvgIpc) is 3.21. The Balaban J connectivity index is 1.50. The average molecular weight is 483 g/mol. The van der Waals surface area contributed by atoms with E-state index in [9.17, 15) is 14.0 Å². The number of hydrogen-bond donors (Lipinski definition) is 2. The number of benzene rings is 2. The number of anilines is 2. The second-order valence-corrected chi connectivity index (χ2v) is 8.69. The van der Waals surface area contributed by atoms with Gasteiger partial charge in [-0.2, -0.15) is 0 Å². The van der Waals surface area contributed by atoms with Crippen LogP contribution in [-0.2, 0) is 9.53 Å². The standard InChI is InChI=1S/C26H31FN4O4/c1-5-35-26(33)24-23(21-13-18(27)9-10-22(21)28-24)29-25(32)17(3)30-11-12-31(16(2)15-30)19-7-6-8-20(14-19)34-4/h6-10,13-14,16-17,28H,5,11-12,15H2,1-4H3,(H,29,32)/t16-,17-/m0/s1. The van der Waals surface area contributed by atoms with Crippen molar-refractivity contribution in [1.82, 2.24) is 9.88 Å². The zero-order chi connectivity index (χ0) is 25.1. The largest absolute Gasteiger partial charge is 0.497 e. The van der Waals surface area contributed by atoms with Crippen LogP contribution in [0.4, 0.5) is 15.8 Å². The monoisotopic (exact) mass is 482 g/mol. The van der Waals surface area contributed by atoms with E-state index in [1.165, 1.54) is 18.2 Å². The van der Waals surface area contributed by atoms with E-state index < -0.39 is 17.8 Å². The number of piperazine rings is 1. The quantitative estimate of drug-likeness (QED) is 0.495. The summed E-state index contributed by atoms with van der Waals surface area (Å²) in [5, 5.41) is 3.28. The van der Waals surface area contributed by atoms with E-state index in [-0.39, 0.29) is 29.9 Å². The Labute approximate surface area is 204 Å². The number of aromatic amines is 1. The summed E-state index contributed by atoms with van der Waals surface area (Å²) < 4.78 is 24.4. The van der Waals surface area contributed by atoms with Crippen LogP contribution in [0.25, 0.3) is 10.9 Å². The van der Waals surface area contributed by atoms with Crippen LogP contribution < -0.4 is 15.0 Å². The normalized spacial score (nSPS) is 17.3. The molecule has 1 aliphatic heterocycles. The second kappa shape index (κ2) is 10.4. The van der Waals surface area contributed by atoms with Crippen LogP contribution in [0.5, 0.6) is 5.75 Å². The maximum absolute atomic E-state index is 14.0. The van der Waals surface area contributed by atoms with Crippen molar-refractivity contribution in [2.24, 2.45) is 0 Å². The van der Waals surface area contributed by atoms with Crippen molar-refractivity contribution >= 4 is 34.2 Å². The lowest BCUT2D eigenvalue weighted by atomic mass is 10.1. The van der Waals surface area contributed by atoms with Gasteiger partial charge in [-0.3, -0.25) is 9.69 Å². The number of amides is 1. The fourth-order valence-corrected chi connectivity index (χ4v) is 4.55. The third-order valence-corrected chi connectivity index (χ3v) is 6.46. The highest BCUT2D eigenvalue weighted by Gasteiger charge is 2.31. The van der Waals surface area contributed by atoms with Gasteiger partial charge in [-0.1, -0.05) is 6.07 Å². The van der Waals surface area contributed by atoms with Crippen LogP contribution in [0.2, 0.25) is 0 Å². The molecule has 0 aliphatic carbocycles. The van der Waals surface area contributed by atoms with E-state index in [1.54, 1.807) is 14.0 Å². The molecule has 186 valence electrons. The molecule has 1 aromatic heterocycles. The molecule has 0 spiro atoms. The van der Waals surface area contributed by atoms with Gasteiger partial charge in [0.15, 0.2) is 0 Å². The van der Waals surface area contributed by atoms with Crippen LogP contribution in [0, 0.1) is 5.82 Å². The summed E-state index contributed by atoms with van der Waals surface area (Å²) in [6.45, 7) is 7.95. The number of halogens is 1. The Kier molecular flexibility index (Phi) is 7.25. The van der Waals surface area contributed by atoms with E-state index in [0.29, 0.717) is 24.0 Å². The molecule has 2 heterocycles. The molecule has 3 aromatic rings. The minimum atomic E-state index is -0.604. The molecule has 2 N–H and O–H groups in total. The van der Waals surface area contributed by atoms with E-state index in [0.717, 1.165) is 18.0 Å². The van der Waals surface area contributed by atoms with Crippen molar-refractivity contribution in [3.05, 3.63) is 54.0 Å². The summed E-state index contributed by atoms with van der Waals surface area (Å²) in [7, 11) is 1.65. The first kappa shape index (κ1) is 24.5. The van der Waals surface area contributed by atoms with Crippen LogP contribution in [0.3, 0.4) is 0 Å². The maximum Gasteiger partial charge on any atom is 0.356 e. The first-order valence-corrected chi connectivity index (χ1v) is 11.8. The molecule has 1 amide bonds. The van der Waals surface area contributed by atoms with Gasteiger partial charge in [-0.25, -0.2) is 9.18 Å². The fourth-order valence-electron chi connectivity index (χ4n) is 4.55. The summed E-state index contributed by atoms with van der Waals surface area (Å²) in [5.41, 5.74) is 1.95. The number of carbonyl (C=O) groups is 2. The van der Waals surface area contributed by atoms with E-state index >= 15 is 0 Å². The molecule has 8 nitrogen and oxygen atoms in total. The van der Waals surface area contributed by atoms with Gasteiger partial charge in [0.05, 0.1) is 25.4 Å². The molecule has 9 heteroatoms. The highest BCUT2D eigenvalue weighted by molar-refractivity contribution is 6.11. The number of methoxy groups -OCH3 is 1. The predicted molar refractivity (Wildman–Crippen MR) is 134 cm³/mol. The first-order valence-electron chi connectivity index (χ1n) is 11.8. The number of fused-ring (bicyclic) bond motifs is 1. The van der Waals surface area contributed by atoms with E-state index in [4.69, 9.17) is 9.47 Å². The summed E-state index contributed by atoms with van der Waals surface area (Å²) in [5.74, 6) is -0.536. The van der Waals surface area contributed by atoms with Crippen molar-refractivity contribution in [2.75, 3.05) is 43.6 Å². The van der Waals surface area contributed by atoms with Gasteiger partial charge in [0.25, 0.3) is 0 Å². The molecule has 0 radical (unpaired) electrons. The number of aromatic nitrogens is 1. The highest BCUT2D eigenvalue weighted by atomic mass is 19.1. The van der Waals surface area contributed by atoms with Crippen molar-refractivity contribution in [2.45, 2.75) is 32.9 Å². The molecule has 1 fully saturated rings. The van der Waals surface area contributed by atoms with Gasteiger partial charge >= 0.3 is 5.97 Å². The molecule has 1 aliphatic rings. The minimum Gasteiger partial charge on any atom is -0.497 e. The number of hydrogen-bond acceptors (Lipinski definition) is 6. The summed E-state index contributed by atoms with van der Waals surface area (Å²) in [4.78, 5) is 33.1. The van der Waals surface area contributed by atoms with Crippen molar-refractivity contribution in [3.8, 4) is 5.75 Å². The summed E-state index contributed by atoms with van der Waals surface area (Å²) in [6, 6.07) is 11.8. The third-order valence-electron chi connectivity index (χ3n) is 6.46. The maximum atomic E-state index is 14.0. The molecule has 0 saturated carbocycles. The van der Waals surface area contributed by atoms with Crippen molar-refractivity contribution in [3.63, 3.8) is 0 Å². The molecule has 4 rings (SSSR count). The fraction of sp³-hybridized carbons (Fsp3) is 0.385. The zero-order valence-corrected chi connectivity index (χ0v) is 20.4. The van der Waals surface area contributed by atoms with Crippen molar-refractivity contribution < 1.29 is 23.5 Å². The topological polar surface area (TPSA) is 86.9 Å². The number of nitrogens with zero attached hydrogens (tertiary/aromatic N) is 2. The second-order valence-electron chi connectivity index (χ2n) is 8.69. The lowest BCUT2D eigenvalue weighted by Crippen LogP contribution is -2.56.